The molecule has 1 N–H and O–H groups in total. The number of hydrogen-bond acceptors (Lipinski definition) is 2. The van der Waals surface area contributed by atoms with E-state index < -0.39 is 5.97 Å². The van der Waals surface area contributed by atoms with Crippen LogP contribution in [-0.4, -0.2) is 20.6 Å². The minimum Gasteiger partial charge on any atom is -0.478 e. The Kier molecular flexibility index (Phi) is 3.45. The molecule has 0 fully saturated rings. The Morgan fingerprint density at radius 1 is 1.56 bits per heavy atom. The lowest BCUT2D eigenvalue weighted by molar-refractivity contribution is 0.0698. The van der Waals surface area contributed by atoms with Gasteiger partial charge in [0.15, 0.2) is 0 Å². The summed E-state index contributed by atoms with van der Waals surface area (Å²) in [5.41, 5.74) is 1.73. The van der Waals surface area contributed by atoms with Gasteiger partial charge in [0.1, 0.15) is 10.7 Å². The summed E-state index contributed by atoms with van der Waals surface area (Å²) in [6.07, 6.45) is 1.28. The summed E-state index contributed by atoms with van der Waals surface area (Å²) in [6, 6.07) is 1.83. The maximum atomic E-state index is 11.0. The number of hydrogen-bond donors (Lipinski definition) is 1. The summed E-state index contributed by atoms with van der Waals surface area (Å²) in [6.45, 7) is 1.89. The molecule has 0 aliphatic rings. The molecular weight excluding hydrogens is 251 g/mol. The van der Waals surface area contributed by atoms with E-state index in [0.29, 0.717) is 16.1 Å². The Morgan fingerprint density at radius 3 is 2.75 bits per heavy atom. The second-order valence-corrected chi connectivity index (χ2v) is 3.73. The van der Waals surface area contributed by atoms with E-state index >= 15 is 0 Å². The summed E-state index contributed by atoms with van der Waals surface area (Å²) in [5, 5.41) is 10.0. The average Bonchev–Trinajstić information content (AvgIpc) is 2.46. The van der Waals surface area contributed by atoms with E-state index in [0.717, 1.165) is 5.69 Å². The lowest BCUT2D eigenvalue weighted by Crippen LogP contribution is -2.02. The zero-order valence-corrected chi connectivity index (χ0v) is 10.3. The number of aromatic nitrogens is 2. The highest BCUT2D eigenvalue weighted by Crippen LogP contribution is 2.27. The van der Waals surface area contributed by atoms with Gasteiger partial charge in [-0.25, -0.2) is 9.78 Å². The molecule has 6 heteroatoms. The first kappa shape index (κ1) is 12.8. The standard InChI is InChI=1S/C10H9ClN2O2.ClH/c1-5-3-6-8(13(5)2)7(10(14)15)4-12-9(6)11;/h3-4H,1-2H3,(H,14,15);1H. The number of nitrogens with zero attached hydrogens (tertiary/aromatic N) is 2. The molecule has 0 spiro atoms. The molecule has 16 heavy (non-hydrogen) atoms. The van der Waals surface area contributed by atoms with Crippen molar-refractivity contribution in [3.8, 4) is 0 Å². The van der Waals surface area contributed by atoms with Crippen LogP contribution in [0.4, 0.5) is 0 Å². The molecule has 0 saturated carbocycles. The molecule has 0 radical (unpaired) electrons. The first-order valence-electron chi connectivity index (χ1n) is 4.36. The van der Waals surface area contributed by atoms with Crippen LogP contribution < -0.4 is 0 Å². The van der Waals surface area contributed by atoms with Crippen LogP contribution in [0.1, 0.15) is 16.1 Å². The van der Waals surface area contributed by atoms with Gasteiger partial charge in [-0.15, -0.1) is 12.4 Å². The molecule has 0 aliphatic heterocycles. The number of carboxylic acid groups (broad SMARTS) is 1. The number of carboxylic acids is 1. The zero-order valence-electron chi connectivity index (χ0n) is 8.69. The van der Waals surface area contributed by atoms with E-state index in [-0.39, 0.29) is 18.0 Å². The Morgan fingerprint density at radius 2 is 2.19 bits per heavy atom. The predicted molar refractivity (Wildman–Crippen MR) is 64.7 cm³/mol. The van der Waals surface area contributed by atoms with Gasteiger partial charge < -0.3 is 9.67 Å². The minimum absolute atomic E-state index is 0. The number of fused-ring (bicyclic) bond motifs is 1. The third kappa shape index (κ3) is 1.74. The lowest BCUT2D eigenvalue weighted by atomic mass is 10.2. The average molecular weight is 261 g/mol. The van der Waals surface area contributed by atoms with Crippen molar-refractivity contribution in [1.82, 2.24) is 9.55 Å². The molecule has 2 heterocycles. The molecular formula is C10H10Cl2N2O2. The van der Waals surface area contributed by atoms with Crippen LogP contribution in [0.5, 0.6) is 0 Å². The summed E-state index contributed by atoms with van der Waals surface area (Å²) in [5.74, 6) is -0.995. The minimum atomic E-state index is -0.995. The van der Waals surface area contributed by atoms with E-state index in [1.165, 1.54) is 6.20 Å². The molecule has 2 aromatic rings. The molecule has 0 aromatic carbocycles. The Hall–Kier alpha value is -1.26. The largest absolute Gasteiger partial charge is 0.478 e. The first-order chi connectivity index (χ1) is 7.02. The topological polar surface area (TPSA) is 55.1 Å². The molecule has 0 amide bonds. The third-order valence-electron chi connectivity index (χ3n) is 2.49. The van der Waals surface area contributed by atoms with Gasteiger partial charge in [-0.1, -0.05) is 11.6 Å². The summed E-state index contributed by atoms with van der Waals surface area (Å²) in [4.78, 5) is 14.8. The van der Waals surface area contributed by atoms with Crippen molar-refractivity contribution in [3.63, 3.8) is 0 Å². The smallest absolute Gasteiger partial charge is 0.339 e. The van der Waals surface area contributed by atoms with Crippen LogP contribution in [0.15, 0.2) is 12.3 Å². The Bertz CT molecular complexity index is 563. The van der Waals surface area contributed by atoms with Crippen LogP contribution in [-0.2, 0) is 7.05 Å². The van der Waals surface area contributed by atoms with Gasteiger partial charge in [-0.3, -0.25) is 0 Å². The van der Waals surface area contributed by atoms with E-state index in [4.69, 9.17) is 16.7 Å². The van der Waals surface area contributed by atoms with Gasteiger partial charge in [0.2, 0.25) is 0 Å². The Balaban J connectivity index is 0.00000128. The van der Waals surface area contributed by atoms with Crippen LogP contribution in [0.2, 0.25) is 5.15 Å². The molecule has 2 rings (SSSR count). The van der Waals surface area contributed by atoms with Gasteiger partial charge in [0.05, 0.1) is 5.52 Å². The summed E-state index contributed by atoms with van der Waals surface area (Å²) < 4.78 is 1.80. The van der Waals surface area contributed by atoms with Gasteiger partial charge in [0, 0.05) is 24.3 Å². The molecule has 0 unspecified atom stereocenters. The van der Waals surface area contributed by atoms with Crippen molar-refractivity contribution >= 4 is 40.9 Å². The van der Waals surface area contributed by atoms with Crippen LogP contribution in [0.25, 0.3) is 10.9 Å². The second kappa shape index (κ2) is 4.31. The highest BCUT2D eigenvalue weighted by Gasteiger charge is 2.15. The lowest BCUT2D eigenvalue weighted by Gasteiger charge is -2.03. The maximum absolute atomic E-state index is 11.0. The van der Waals surface area contributed by atoms with Crippen LogP contribution >= 0.6 is 24.0 Å². The van der Waals surface area contributed by atoms with Gasteiger partial charge in [-0.05, 0) is 13.0 Å². The van der Waals surface area contributed by atoms with Gasteiger partial charge in [-0.2, -0.15) is 0 Å². The molecule has 2 aromatic heterocycles. The van der Waals surface area contributed by atoms with Crippen molar-refractivity contribution in [2.45, 2.75) is 6.92 Å². The number of pyridine rings is 1. The zero-order chi connectivity index (χ0) is 11.2. The van der Waals surface area contributed by atoms with Crippen molar-refractivity contribution in [3.05, 3.63) is 28.7 Å². The third-order valence-corrected chi connectivity index (χ3v) is 2.79. The second-order valence-electron chi connectivity index (χ2n) is 3.37. The van der Waals surface area contributed by atoms with Crippen molar-refractivity contribution < 1.29 is 9.90 Å². The normalized spacial score (nSPS) is 10.2. The fraction of sp³-hybridized carbons (Fsp3) is 0.200. The number of carbonyl (C=O) groups is 1. The number of aromatic carboxylic acids is 1. The maximum Gasteiger partial charge on any atom is 0.339 e. The summed E-state index contributed by atoms with van der Waals surface area (Å²) in [7, 11) is 1.81. The fourth-order valence-electron chi connectivity index (χ4n) is 1.62. The molecule has 0 atom stereocenters. The van der Waals surface area contributed by atoms with Gasteiger partial charge >= 0.3 is 5.97 Å². The predicted octanol–water partition coefficient (Wildman–Crippen LogP) is 2.66. The number of rotatable bonds is 1. The van der Waals surface area contributed by atoms with Crippen molar-refractivity contribution in [2.75, 3.05) is 0 Å². The first-order valence-corrected chi connectivity index (χ1v) is 4.74. The van der Waals surface area contributed by atoms with E-state index in [9.17, 15) is 4.79 Å². The van der Waals surface area contributed by atoms with Crippen LogP contribution in [0, 0.1) is 6.92 Å². The molecule has 0 bridgehead atoms. The highest BCUT2D eigenvalue weighted by atomic mass is 35.5. The highest BCUT2D eigenvalue weighted by molar-refractivity contribution is 6.34. The monoisotopic (exact) mass is 260 g/mol. The van der Waals surface area contributed by atoms with E-state index in [1.54, 1.807) is 11.6 Å². The van der Waals surface area contributed by atoms with E-state index in [2.05, 4.69) is 4.98 Å². The fourth-order valence-corrected chi connectivity index (χ4v) is 1.82. The van der Waals surface area contributed by atoms with Crippen molar-refractivity contribution in [1.29, 1.82) is 0 Å². The van der Waals surface area contributed by atoms with E-state index in [1.807, 2.05) is 13.0 Å². The quantitative estimate of drug-likeness (QED) is 0.803. The van der Waals surface area contributed by atoms with Crippen molar-refractivity contribution in [2.24, 2.45) is 7.05 Å². The molecule has 86 valence electrons. The SMILES string of the molecule is Cc1cc2c(Cl)ncc(C(=O)O)c2n1C.Cl. The number of halogens is 2. The molecule has 0 saturated heterocycles. The Labute approximate surface area is 103 Å². The molecule has 0 aliphatic carbocycles. The number of aryl methyl sites for hydroxylation is 2. The summed E-state index contributed by atoms with van der Waals surface area (Å²) >= 11 is 5.90. The van der Waals surface area contributed by atoms with Crippen LogP contribution in [0.3, 0.4) is 0 Å². The van der Waals surface area contributed by atoms with Gasteiger partial charge in [0.25, 0.3) is 0 Å². The molecule has 4 nitrogen and oxygen atoms in total.